The van der Waals surface area contributed by atoms with E-state index in [-0.39, 0.29) is 6.61 Å². The fourth-order valence-corrected chi connectivity index (χ4v) is 2.17. The fourth-order valence-electron chi connectivity index (χ4n) is 1.28. The summed E-state index contributed by atoms with van der Waals surface area (Å²) in [4.78, 5) is 6.59. The average Bonchev–Trinajstić information content (AvgIpc) is 2.53. The lowest BCUT2D eigenvalue weighted by molar-refractivity contribution is 0.216. The summed E-state index contributed by atoms with van der Waals surface area (Å²) in [5.74, 6) is 0. The third-order valence-corrected chi connectivity index (χ3v) is 2.93. The van der Waals surface area contributed by atoms with E-state index in [1.165, 1.54) is 5.01 Å². The molecule has 0 saturated heterocycles. The Hall–Kier alpha value is -0.450. The maximum absolute atomic E-state index is 8.74. The van der Waals surface area contributed by atoms with Crippen LogP contribution in [0.3, 0.4) is 0 Å². The van der Waals surface area contributed by atoms with Gasteiger partial charge in [0, 0.05) is 18.5 Å². The Balaban J connectivity index is 2.42. The van der Waals surface area contributed by atoms with Crippen molar-refractivity contribution in [3.05, 3.63) is 16.1 Å². The van der Waals surface area contributed by atoms with Crippen LogP contribution in [0, 0.1) is 0 Å². The molecule has 1 heterocycles. The van der Waals surface area contributed by atoms with Gasteiger partial charge in [-0.05, 0) is 19.9 Å². The van der Waals surface area contributed by atoms with Crippen LogP contribution in [0.5, 0.6) is 0 Å². The number of thiazole rings is 1. The first kappa shape index (κ1) is 11.6. The van der Waals surface area contributed by atoms with Gasteiger partial charge in [0.2, 0.25) is 0 Å². The van der Waals surface area contributed by atoms with Gasteiger partial charge in [0.05, 0.1) is 17.3 Å². The van der Waals surface area contributed by atoms with Gasteiger partial charge in [0.1, 0.15) is 0 Å². The topological polar surface area (TPSA) is 36.4 Å². The lowest BCUT2D eigenvalue weighted by atomic mass is 10.3. The lowest BCUT2D eigenvalue weighted by Crippen LogP contribution is -2.21. The molecule has 0 aromatic carbocycles. The zero-order valence-electron chi connectivity index (χ0n) is 8.86. The smallest absolute Gasteiger partial charge is 0.0928 e. The summed E-state index contributed by atoms with van der Waals surface area (Å²) in [5, 5.41) is 12.1. The van der Waals surface area contributed by atoms with Crippen LogP contribution in [0.1, 0.15) is 24.0 Å². The van der Waals surface area contributed by atoms with Crippen LogP contribution in [-0.2, 0) is 13.0 Å². The van der Waals surface area contributed by atoms with Crippen molar-refractivity contribution in [1.29, 1.82) is 0 Å². The Morgan fingerprint density at radius 3 is 3.00 bits per heavy atom. The molecular formula is C10H18N2OS. The van der Waals surface area contributed by atoms with Gasteiger partial charge < -0.3 is 5.11 Å². The molecule has 0 atom stereocenters. The first-order valence-corrected chi connectivity index (χ1v) is 5.87. The van der Waals surface area contributed by atoms with Gasteiger partial charge in [0.15, 0.2) is 0 Å². The van der Waals surface area contributed by atoms with E-state index >= 15 is 0 Å². The first-order valence-electron chi connectivity index (χ1n) is 4.99. The Labute approximate surface area is 89.4 Å². The molecule has 80 valence electrons. The monoisotopic (exact) mass is 214 g/mol. The minimum atomic E-state index is 0.211. The minimum Gasteiger partial charge on any atom is -0.395 e. The van der Waals surface area contributed by atoms with Gasteiger partial charge in [0.25, 0.3) is 0 Å². The van der Waals surface area contributed by atoms with Crippen molar-refractivity contribution >= 4 is 11.3 Å². The molecule has 0 unspecified atom stereocenters. The second kappa shape index (κ2) is 6.11. The molecule has 0 aliphatic rings. The second-order valence-corrected chi connectivity index (χ2v) is 4.39. The van der Waals surface area contributed by atoms with E-state index in [1.807, 2.05) is 7.05 Å². The third kappa shape index (κ3) is 3.74. The molecule has 1 aromatic rings. The highest BCUT2D eigenvalue weighted by Crippen LogP contribution is 2.12. The number of hydrogen-bond donors (Lipinski definition) is 1. The molecule has 1 N–H and O–H groups in total. The summed E-state index contributed by atoms with van der Waals surface area (Å²) >= 11 is 1.73. The molecule has 14 heavy (non-hydrogen) atoms. The van der Waals surface area contributed by atoms with E-state index in [9.17, 15) is 0 Å². The maximum atomic E-state index is 8.74. The number of aromatic nitrogens is 1. The van der Waals surface area contributed by atoms with Crippen molar-refractivity contribution in [2.45, 2.75) is 26.3 Å². The molecule has 0 aliphatic heterocycles. The van der Waals surface area contributed by atoms with Crippen LogP contribution in [-0.4, -0.2) is 35.2 Å². The number of hydrogen-bond acceptors (Lipinski definition) is 4. The standard InChI is InChI=1S/C10H18N2OS/c1-3-4-10-11-9(8-14-10)7-12(2)5-6-13/h8,13H,3-7H2,1-2H3. The van der Waals surface area contributed by atoms with Crippen LogP contribution in [0.25, 0.3) is 0 Å². The van der Waals surface area contributed by atoms with Crippen molar-refractivity contribution in [3.8, 4) is 0 Å². The molecule has 0 amide bonds. The molecule has 0 fully saturated rings. The second-order valence-electron chi connectivity index (χ2n) is 3.44. The minimum absolute atomic E-state index is 0.211. The van der Waals surface area contributed by atoms with Crippen molar-refractivity contribution in [1.82, 2.24) is 9.88 Å². The highest BCUT2D eigenvalue weighted by atomic mass is 32.1. The van der Waals surface area contributed by atoms with Gasteiger partial charge in [-0.15, -0.1) is 11.3 Å². The van der Waals surface area contributed by atoms with Gasteiger partial charge in [-0.1, -0.05) is 6.92 Å². The highest BCUT2D eigenvalue weighted by molar-refractivity contribution is 7.09. The molecular weight excluding hydrogens is 196 g/mol. The Kier molecular flexibility index (Phi) is 5.07. The van der Waals surface area contributed by atoms with Crippen LogP contribution >= 0.6 is 11.3 Å². The van der Waals surface area contributed by atoms with Crippen molar-refractivity contribution < 1.29 is 5.11 Å². The van der Waals surface area contributed by atoms with Crippen molar-refractivity contribution in [2.24, 2.45) is 0 Å². The number of likely N-dealkylation sites (N-methyl/N-ethyl adjacent to an activating group) is 1. The van der Waals surface area contributed by atoms with Crippen LogP contribution in [0.4, 0.5) is 0 Å². The third-order valence-electron chi connectivity index (χ3n) is 1.98. The van der Waals surface area contributed by atoms with Crippen LogP contribution < -0.4 is 0 Å². The fraction of sp³-hybridized carbons (Fsp3) is 0.700. The Bertz CT molecular complexity index is 262. The molecule has 1 rings (SSSR count). The van der Waals surface area contributed by atoms with E-state index in [4.69, 9.17) is 5.11 Å². The maximum Gasteiger partial charge on any atom is 0.0928 e. The van der Waals surface area contributed by atoms with E-state index in [0.29, 0.717) is 6.54 Å². The van der Waals surface area contributed by atoms with Gasteiger partial charge in [-0.3, -0.25) is 4.90 Å². The Morgan fingerprint density at radius 1 is 1.57 bits per heavy atom. The first-order chi connectivity index (χ1) is 6.76. The molecule has 4 heteroatoms. The molecule has 0 bridgehead atoms. The average molecular weight is 214 g/mol. The van der Waals surface area contributed by atoms with Crippen molar-refractivity contribution in [3.63, 3.8) is 0 Å². The van der Waals surface area contributed by atoms with Crippen LogP contribution in [0.2, 0.25) is 0 Å². The summed E-state index contributed by atoms with van der Waals surface area (Å²) in [6.07, 6.45) is 2.23. The number of aliphatic hydroxyl groups excluding tert-OH is 1. The van der Waals surface area contributed by atoms with E-state index in [1.54, 1.807) is 11.3 Å². The summed E-state index contributed by atoms with van der Waals surface area (Å²) in [5.41, 5.74) is 1.12. The molecule has 0 radical (unpaired) electrons. The molecule has 1 aromatic heterocycles. The lowest BCUT2D eigenvalue weighted by Gasteiger charge is -2.12. The van der Waals surface area contributed by atoms with E-state index < -0.39 is 0 Å². The summed E-state index contributed by atoms with van der Waals surface area (Å²) in [6, 6.07) is 0. The zero-order valence-corrected chi connectivity index (χ0v) is 9.68. The molecule has 0 saturated carbocycles. The molecule has 0 aliphatic carbocycles. The summed E-state index contributed by atoms with van der Waals surface area (Å²) in [7, 11) is 2.00. The van der Waals surface area contributed by atoms with Gasteiger partial charge in [-0.25, -0.2) is 4.98 Å². The van der Waals surface area contributed by atoms with E-state index in [0.717, 1.165) is 25.1 Å². The zero-order chi connectivity index (χ0) is 10.4. The summed E-state index contributed by atoms with van der Waals surface area (Å²) in [6.45, 7) is 3.92. The predicted molar refractivity (Wildman–Crippen MR) is 59.5 cm³/mol. The van der Waals surface area contributed by atoms with Gasteiger partial charge >= 0.3 is 0 Å². The largest absolute Gasteiger partial charge is 0.395 e. The normalized spacial score (nSPS) is 11.1. The van der Waals surface area contributed by atoms with Gasteiger partial charge in [-0.2, -0.15) is 0 Å². The quantitative estimate of drug-likeness (QED) is 0.780. The number of rotatable bonds is 6. The summed E-state index contributed by atoms with van der Waals surface area (Å²) < 4.78 is 0. The Morgan fingerprint density at radius 2 is 2.36 bits per heavy atom. The predicted octanol–water partition coefficient (Wildman–Crippen LogP) is 1.52. The highest BCUT2D eigenvalue weighted by Gasteiger charge is 2.04. The molecule has 0 spiro atoms. The van der Waals surface area contributed by atoms with Crippen LogP contribution in [0.15, 0.2) is 5.38 Å². The number of aryl methyl sites for hydroxylation is 1. The van der Waals surface area contributed by atoms with Crippen molar-refractivity contribution in [2.75, 3.05) is 20.2 Å². The van der Waals surface area contributed by atoms with E-state index in [2.05, 4.69) is 22.2 Å². The number of aliphatic hydroxyl groups is 1. The SMILES string of the molecule is CCCc1nc(CN(C)CCO)cs1. The number of nitrogens with zero attached hydrogens (tertiary/aromatic N) is 2. The molecule has 3 nitrogen and oxygen atoms in total.